The van der Waals surface area contributed by atoms with E-state index < -0.39 is 0 Å². The Hall–Kier alpha value is -0.790. The molecule has 0 bridgehead atoms. The van der Waals surface area contributed by atoms with Crippen LogP contribution in [-0.4, -0.2) is 15.2 Å². The molecule has 7 heteroatoms. The van der Waals surface area contributed by atoms with Crippen molar-refractivity contribution < 1.29 is 0 Å². The van der Waals surface area contributed by atoms with Gasteiger partial charge in [-0.05, 0) is 19.1 Å². The number of aryl methyl sites for hydroxylation is 1. The maximum absolute atomic E-state index is 4.92. The summed E-state index contributed by atoms with van der Waals surface area (Å²) in [5.74, 6) is 0. The molecule has 0 aliphatic carbocycles. The number of H-pyrrole nitrogens is 1. The van der Waals surface area contributed by atoms with Gasteiger partial charge in [-0.25, -0.2) is 4.98 Å². The molecule has 0 spiro atoms. The lowest BCUT2D eigenvalue weighted by molar-refractivity contribution is 1.03. The van der Waals surface area contributed by atoms with Crippen molar-refractivity contribution >= 4 is 40.0 Å². The molecule has 0 saturated carbocycles. The van der Waals surface area contributed by atoms with Crippen molar-refractivity contribution in [2.24, 2.45) is 0 Å². The van der Waals surface area contributed by atoms with Crippen LogP contribution in [0.1, 0.15) is 9.88 Å². The molecule has 74 valence electrons. The molecule has 2 N–H and O–H groups in total. The number of anilines is 1. The fourth-order valence-corrected chi connectivity index (χ4v) is 2.45. The third-order valence-electron chi connectivity index (χ3n) is 1.50. The first-order valence-electron chi connectivity index (χ1n) is 3.95. The molecular weight excluding hydrogens is 236 g/mol. The summed E-state index contributed by atoms with van der Waals surface area (Å²) in [7, 11) is 0. The van der Waals surface area contributed by atoms with Gasteiger partial charge in [0.05, 0.1) is 6.54 Å². The molecule has 0 saturated heterocycles. The number of hydrogen-bond acceptors (Lipinski definition) is 6. The van der Waals surface area contributed by atoms with Crippen molar-refractivity contribution in [3.63, 3.8) is 0 Å². The average Bonchev–Trinajstić information content (AvgIpc) is 2.72. The highest BCUT2D eigenvalue weighted by Gasteiger charge is 2.00. The maximum Gasteiger partial charge on any atom is 0.204 e. The van der Waals surface area contributed by atoms with Crippen LogP contribution in [-0.2, 0) is 6.54 Å². The van der Waals surface area contributed by atoms with E-state index >= 15 is 0 Å². The molecule has 2 aromatic heterocycles. The highest BCUT2D eigenvalue weighted by atomic mass is 32.1. The van der Waals surface area contributed by atoms with Crippen LogP contribution in [0.5, 0.6) is 0 Å². The molecule has 0 radical (unpaired) electrons. The second-order valence-electron chi connectivity index (χ2n) is 2.64. The van der Waals surface area contributed by atoms with Gasteiger partial charge in [-0.3, -0.25) is 5.10 Å². The van der Waals surface area contributed by atoms with Gasteiger partial charge < -0.3 is 5.32 Å². The van der Waals surface area contributed by atoms with Gasteiger partial charge in [0.2, 0.25) is 5.13 Å². The lowest BCUT2D eigenvalue weighted by Gasteiger charge is -1.96. The Kier molecular flexibility index (Phi) is 2.90. The molecule has 4 nitrogen and oxygen atoms in total. The number of hydrogen-bond donors (Lipinski definition) is 2. The van der Waals surface area contributed by atoms with Gasteiger partial charge in [0.1, 0.15) is 5.01 Å². The predicted molar refractivity (Wildman–Crippen MR) is 61.5 cm³/mol. The Bertz CT molecular complexity index is 469. The van der Waals surface area contributed by atoms with Crippen LogP contribution >= 0.6 is 34.9 Å². The second-order valence-corrected chi connectivity index (χ2v) is 5.62. The SMILES string of the molecule is Cc1cnc(CNc2n[nH]c(=S)s2)s1. The zero-order valence-corrected chi connectivity index (χ0v) is 9.85. The summed E-state index contributed by atoms with van der Waals surface area (Å²) >= 11 is 8.02. The summed E-state index contributed by atoms with van der Waals surface area (Å²) in [5.41, 5.74) is 0. The lowest BCUT2D eigenvalue weighted by Crippen LogP contribution is -1.97. The minimum Gasteiger partial charge on any atom is -0.354 e. The molecule has 0 unspecified atom stereocenters. The Morgan fingerprint density at radius 1 is 1.57 bits per heavy atom. The first-order chi connectivity index (χ1) is 6.74. The summed E-state index contributed by atoms with van der Waals surface area (Å²) in [6, 6.07) is 0. The van der Waals surface area contributed by atoms with Crippen LogP contribution in [0.4, 0.5) is 5.13 Å². The van der Waals surface area contributed by atoms with Crippen LogP contribution in [0.25, 0.3) is 0 Å². The minimum atomic E-state index is 0.683. The van der Waals surface area contributed by atoms with E-state index in [-0.39, 0.29) is 0 Å². The normalized spacial score (nSPS) is 10.4. The van der Waals surface area contributed by atoms with E-state index in [0.29, 0.717) is 10.5 Å². The molecule has 2 heterocycles. The molecular formula is C7H8N4S3. The fraction of sp³-hybridized carbons (Fsp3) is 0.286. The largest absolute Gasteiger partial charge is 0.354 e. The van der Waals surface area contributed by atoms with Crippen LogP contribution in [0, 0.1) is 10.9 Å². The average molecular weight is 244 g/mol. The molecule has 2 aromatic rings. The number of nitrogens with zero attached hydrogens (tertiary/aromatic N) is 2. The van der Waals surface area contributed by atoms with Gasteiger partial charge in [-0.2, -0.15) is 0 Å². The number of thiazole rings is 1. The third-order valence-corrected chi connectivity index (χ3v) is 3.46. The Labute approximate surface area is 94.0 Å². The predicted octanol–water partition coefficient (Wildman–Crippen LogP) is 2.58. The van der Waals surface area contributed by atoms with Gasteiger partial charge in [0.15, 0.2) is 3.95 Å². The van der Waals surface area contributed by atoms with E-state index in [1.807, 2.05) is 13.1 Å². The van der Waals surface area contributed by atoms with Gasteiger partial charge in [0.25, 0.3) is 0 Å². The molecule has 0 fully saturated rings. The van der Waals surface area contributed by atoms with Crippen molar-refractivity contribution in [1.82, 2.24) is 15.2 Å². The summed E-state index contributed by atoms with van der Waals surface area (Å²) in [6.45, 7) is 2.74. The van der Waals surface area contributed by atoms with Gasteiger partial charge in [-0.1, -0.05) is 11.3 Å². The summed E-state index contributed by atoms with van der Waals surface area (Å²) < 4.78 is 0.683. The third kappa shape index (κ3) is 2.37. The minimum absolute atomic E-state index is 0.683. The van der Waals surface area contributed by atoms with Crippen molar-refractivity contribution in [2.45, 2.75) is 13.5 Å². The van der Waals surface area contributed by atoms with E-state index in [0.717, 1.165) is 10.1 Å². The van der Waals surface area contributed by atoms with Crippen molar-refractivity contribution in [3.8, 4) is 0 Å². The Morgan fingerprint density at radius 2 is 2.43 bits per heavy atom. The van der Waals surface area contributed by atoms with E-state index in [2.05, 4.69) is 20.5 Å². The molecule has 0 aliphatic heterocycles. The van der Waals surface area contributed by atoms with E-state index in [9.17, 15) is 0 Å². The van der Waals surface area contributed by atoms with Crippen LogP contribution in [0.2, 0.25) is 0 Å². The monoisotopic (exact) mass is 244 g/mol. The highest BCUT2D eigenvalue weighted by Crippen LogP contribution is 2.15. The topological polar surface area (TPSA) is 53.6 Å². The Morgan fingerprint density at radius 3 is 3.00 bits per heavy atom. The van der Waals surface area contributed by atoms with Crippen LogP contribution in [0.3, 0.4) is 0 Å². The van der Waals surface area contributed by atoms with E-state index in [4.69, 9.17) is 12.2 Å². The van der Waals surface area contributed by atoms with Crippen molar-refractivity contribution in [3.05, 3.63) is 20.0 Å². The lowest BCUT2D eigenvalue weighted by atomic mass is 10.6. The number of rotatable bonds is 3. The Balaban J connectivity index is 1.98. The van der Waals surface area contributed by atoms with Gasteiger partial charge in [0, 0.05) is 11.1 Å². The summed E-state index contributed by atoms with van der Waals surface area (Å²) in [5, 5.41) is 11.7. The van der Waals surface area contributed by atoms with Crippen molar-refractivity contribution in [1.29, 1.82) is 0 Å². The van der Waals surface area contributed by atoms with Crippen molar-refractivity contribution in [2.75, 3.05) is 5.32 Å². The number of aromatic amines is 1. The van der Waals surface area contributed by atoms with Gasteiger partial charge in [-0.15, -0.1) is 16.4 Å². The van der Waals surface area contributed by atoms with E-state index in [1.165, 1.54) is 16.2 Å². The molecule has 0 aromatic carbocycles. The van der Waals surface area contributed by atoms with Gasteiger partial charge >= 0.3 is 0 Å². The second kappa shape index (κ2) is 4.16. The molecule has 0 amide bonds. The van der Waals surface area contributed by atoms with E-state index in [1.54, 1.807) is 11.3 Å². The number of aromatic nitrogens is 3. The zero-order chi connectivity index (χ0) is 9.97. The number of nitrogens with one attached hydrogen (secondary N) is 2. The van der Waals surface area contributed by atoms with Crippen LogP contribution < -0.4 is 5.32 Å². The standard InChI is InChI=1S/C7H8N4S3/c1-4-2-8-5(13-4)3-9-6-10-11-7(12)14-6/h2H,3H2,1H3,(H,9,10)(H,11,12). The summed E-state index contributed by atoms with van der Waals surface area (Å²) in [6.07, 6.45) is 1.87. The molecule has 0 aliphatic rings. The molecule has 14 heavy (non-hydrogen) atoms. The summed E-state index contributed by atoms with van der Waals surface area (Å²) in [4.78, 5) is 5.45. The fourth-order valence-electron chi connectivity index (χ4n) is 0.940. The maximum atomic E-state index is 4.92. The first kappa shape index (κ1) is 9.75. The molecule has 2 rings (SSSR count). The quantitative estimate of drug-likeness (QED) is 0.815. The molecule has 0 atom stereocenters. The zero-order valence-electron chi connectivity index (χ0n) is 7.40. The smallest absolute Gasteiger partial charge is 0.204 e. The van der Waals surface area contributed by atoms with Crippen LogP contribution in [0.15, 0.2) is 6.20 Å². The first-order valence-corrected chi connectivity index (χ1v) is 5.99. The highest BCUT2D eigenvalue weighted by molar-refractivity contribution is 7.73.